The molecule has 1 saturated heterocycles. The number of thiazole rings is 1. The van der Waals surface area contributed by atoms with Gasteiger partial charge in [0, 0.05) is 49.6 Å². The molecule has 2 aromatic carbocycles. The van der Waals surface area contributed by atoms with Crippen molar-refractivity contribution in [2.45, 2.75) is 51.4 Å². The number of aryl methyl sites for hydroxylation is 2. The van der Waals surface area contributed by atoms with E-state index in [4.69, 9.17) is 18.9 Å². The number of hydrogen-bond donors (Lipinski definition) is 2. The van der Waals surface area contributed by atoms with Crippen molar-refractivity contribution in [1.29, 1.82) is 0 Å². The highest BCUT2D eigenvalue weighted by molar-refractivity contribution is 7.09. The number of methoxy groups -OCH3 is 2. The maximum Gasteiger partial charge on any atom is 0.258 e. The van der Waals surface area contributed by atoms with Crippen LogP contribution < -0.4 is 29.6 Å². The average molecular weight is 581 g/mol. The molecule has 0 spiro atoms. The maximum atomic E-state index is 13.2. The van der Waals surface area contributed by atoms with Crippen LogP contribution in [0.5, 0.6) is 23.0 Å². The fourth-order valence-corrected chi connectivity index (χ4v) is 5.78. The van der Waals surface area contributed by atoms with Gasteiger partial charge in [-0.2, -0.15) is 0 Å². The van der Waals surface area contributed by atoms with E-state index in [2.05, 4.69) is 25.9 Å². The van der Waals surface area contributed by atoms with E-state index in [1.165, 1.54) is 0 Å². The molecule has 11 heteroatoms. The zero-order valence-corrected chi connectivity index (χ0v) is 24.4. The van der Waals surface area contributed by atoms with Crippen LogP contribution in [0.1, 0.15) is 34.7 Å². The quantitative estimate of drug-likeness (QED) is 0.484. The van der Waals surface area contributed by atoms with Crippen molar-refractivity contribution >= 4 is 23.2 Å². The molecule has 6 rings (SSSR count). The van der Waals surface area contributed by atoms with Crippen LogP contribution >= 0.6 is 11.3 Å². The van der Waals surface area contributed by atoms with Gasteiger partial charge in [-0.1, -0.05) is 6.07 Å². The minimum Gasteiger partial charge on any atom is -0.496 e. The number of likely N-dealkylation sites (tertiary alicyclic amines) is 1. The Balaban J connectivity index is 1.39. The molecule has 4 bridgehead atoms. The van der Waals surface area contributed by atoms with Gasteiger partial charge in [-0.3, -0.25) is 14.5 Å². The van der Waals surface area contributed by atoms with Crippen molar-refractivity contribution in [3.63, 3.8) is 0 Å². The van der Waals surface area contributed by atoms with Crippen LogP contribution in [0.25, 0.3) is 0 Å². The summed E-state index contributed by atoms with van der Waals surface area (Å²) in [5, 5.41) is 9.24. The number of hydrogen-bond acceptors (Lipinski definition) is 9. The molecule has 3 aliphatic rings. The van der Waals surface area contributed by atoms with Crippen molar-refractivity contribution in [3.05, 3.63) is 63.6 Å². The molecule has 3 aromatic rings. The molecule has 2 N–H and O–H groups in total. The van der Waals surface area contributed by atoms with Gasteiger partial charge in [0.2, 0.25) is 5.91 Å². The van der Waals surface area contributed by atoms with E-state index in [-0.39, 0.29) is 30.6 Å². The Morgan fingerprint density at radius 1 is 1.07 bits per heavy atom. The van der Waals surface area contributed by atoms with Gasteiger partial charge in [0.15, 0.2) is 18.1 Å². The van der Waals surface area contributed by atoms with Crippen LogP contribution in [0.2, 0.25) is 0 Å². The number of rotatable bonds is 4. The third-order valence-corrected chi connectivity index (χ3v) is 8.10. The molecule has 0 saturated carbocycles. The Labute approximate surface area is 244 Å². The summed E-state index contributed by atoms with van der Waals surface area (Å²) in [5.41, 5.74) is 2.78. The number of carbonyl (C=O) groups is 2. The van der Waals surface area contributed by atoms with Crippen LogP contribution in [0.4, 0.5) is 0 Å². The lowest BCUT2D eigenvalue weighted by Gasteiger charge is -2.38. The van der Waals surface area contributed by atoms with Gasteiger partial charge >= 0.3 is 0 Å². The molecule has 1 fully saturated rings. The van der Waals surface area contributed by atoms with Crippen molar-refractivity contribution in [2.75, 3.05) is 33.9 Å². The van der Waals surface area contributed by atoms with Crippen molar-refractivity contribution < 1.29 is 28.5 Å². The van der Waals surface area contributed by atoms with Crippen LogP contribution in [0.15, 0.2) is 41.8 Å². The summed E-state index contributed by atoms with van der Waals surface area (Å²) >= 11 is 1.63. The normalized spacial score (nSPS) is 20.3. The number of piperidine rings is 1. The van der Waals surface area contributed by atoms with Gasteiger partial charge in [-0.05, 0) is 49.6 Å². The van der Waals surface area contributed by atoms with Gasteiger partial charge in [-0.25, -0.2) is 4.98 Å². The van der Waals surface area contributed by atoms with Crippen LogP contribution in [0, 0.1) is 6.92 Å². The third kappa shape index (κ3) is 7.47. The zero-order chi connectivity index (χ0) is 28.8. The van der Waals surface area contributed by atoms with Crippen molar-refractivity contribution in [2.24, 2.45) is 0 Å². The number of ether oxygens (including phenoxy) is 4. The van der Waals surface area contributed by atoms with Gasteiger partial charge in [0.1, 0.15) is 17.6 Å². The van der Waals surface area contributed by atoms with Gasteiger partial charge in [-0.15, -0.1) is 11.3 Å². The van der Waals surface area contributed by atoms with E-state index in [1.54, 1.807) is 31.6 Å². The predicted octanol–water partition coefficient (Wildman–Crippen LogP) is 3.25. The lowest BCUT2D eigenvalue weighted by molar-refractivity contribution is -0.125. The van der Waals surface area contributed by atoms with Crippen molar-refractivity contribution in [3.8, 4) is 23.0 Å². The Bertz CT molecular complexity index is 1380. The number of amides is 2. The van der Waals surface area contributed by atoms with E-state index in [0.29, 0.717) is 61.9 Å². The van der Waals surface area contributed by atoms with Crippen molar-refractivity contribution in [1.82, 2.24) is 20.5 Å². The smallest absolute Gasteiger partial charge is 0.258 e. The van der Waals surface area contributed by atoms with Gasteiger partial charge in [0.05, 0.1) is 31.0 Å². The summed E-state index contributed by atoms with van der Waals surface area (Å²) in [6, 6.07) is 10.8. The first-order valence-electron chi connectivity index (χ1n) is 13.7. The highest BCUT2D eigenvalue weighted by Crippen LogP contribution is 2.30. The fourth-order valence-electron chi connectivity index (χ4n) is 5.17. The molecule has 0 unspecified atom stereocenters. The first-order valence-corrected chi connectivity index (χ1v) is 14.6. The summed E-state index contributed by atoms with van der Waals surface area (Å²) in [7, 11) is 3.15. The highest BCUT2D eigenvalue weighted by Gasteiger charge is 2.33. The molecule has 1 aromatic heterocycles. The monoisotopic (exact) mass is 580 g/mol. The Hall–Kier alpha value is -3.83. The maximum absolute atomic E-state index is 13.2. The second-order valence-electron chi connectivity index (χ2n) is 10.2. The summed E-state index contributed by atoms with van der Waals surface area (Å²) in [6.45, 7) is 4.27. The van der Waals surface area contributed by atoms with Crippen LogP contribution in [-0.2, 0) is 29.1 Å². The van der Waals surface area contributed by atoms with E-state index >= 15 is 0 Å². The molecule has 41 heavy (non-hydrogen) atoms. The molecule has 3 aliphatic heterocycles. The minimum atomic E-state index is -0.278. The fraction of sp³-hybridized carbons (Fsp3) is 0.433. The number of fused-ring (bicyclic) bond motifs is 9. The number of nitrogens with one attached hydrogen (secondary N) is 2. The van der Waals surface area contributed by atoms with E-state index in [1.807, 2.05) is 37.3 Å². The topological polar surface area (TPSA) is 111 Å². The summed E-state index contributed by atoms with van der Waals surface area (Å²) in [4.78, 5) is 32.7. The molecule has 218 valence electrons. The number of aromatic nitrogens is 1. The Morgan fingerprint density at radius 3 is 2.71 bits per heavy atom. The second-order valence-corrected chi connectivity index (χ2v) is 11.3. The molecule has 10 nitrogen and oxygen atoms in total. The number of nitrogens with zero attached hydrogens (tertiary/aromatic N) is 2. The molecule has 2 amide bonds. The second kappa shape index (κ2) is 13.2. The van der Waals surface area contributed by atoms with E-state index in [9.17, 15) is 9.59 Å². The lowest BCUT2D eigenvalue weighted by atomic mass is 10.0. The summed E-state index contributed by atoms with van der Waals surface area (Å²) in [5.74, 6) is 1.91. The number of benzene rings is 2. The first-order chi connectivity index (χ1) is 19.9. The largest absolute Gasteiger partial charge is 0.496 e. The molecular weight excluding hydrogens is 544 g/mol. The number of carbonyl (C=O) groups excluding carboxylic acids is 2. The predicted molar refractivity (Wildman–Crippen MR) is 155 cm³/mol. The Morgan fingerprint density at radius 2 is 1.93 bits per heavy atom. The van der Waals surface area contributed by atoms with E-state index < -0.39 is 0 Å². The molecule has 4 heterocycles. The SMILES string of the molecule is COc1cc2ccc1CNC(=O)CCc1ccc(OC)c(c1)OCC(=O)N[C@@H]1CN(Cc3csc(C)n3)CC[C@@H]1O2. The van der Waals surface area contributed by atoms with Crippen LogP contribution in [-0.4, -0.2) is 67.8 Å². The summed E-state index contributed by atoms with van der Waals surface area (Å²) < 4.78 is 23.4. The van der Waals surface area contributed by atoms with E-state index in [0.717, 1.165) is 28.4 Å². The molecular formula is C30H36N4O6S. The molecule has 0 aliphatic carbocycles. The minimum absolute atomic E-state index is 0.0784. The molecule has 2 atom stereocenters. The standard InChI is InChI=1S/C30H36N4O6S/c1-19-32-22(18-41-19)15-34-11-10-25-24(16-34)33-30(36)17-39-28-12-20(4-8-26(28)37-2)5-9-29(35)31-14-21-6-7-23(40-25)13-27(21)38-3/h4,6-8,12-13,18,24-25H,5,9-11,14-17H2,1-3H3,(H,31,35)(H,33,36)/t24-,25+/m1/s1. The zero-order valence-electron chi connectivity index (χ0n) is 23.6. The summed E-state index contributed by atoms with van der Waals surface area (Å²) in [6.07, 6.45) is 1.27. The first kappa shape index (κ1) is 28.7. The average Bonchev–Trinajstić information content (AvgIpc) is 3.39. The van der Waals surface area contributed by atoms with Gasteiger partial charge in [0.25, 0.3) is 5.91 Å². The third-order valence-electron chi connectivity index (χ3n) is 7.28. The Kier molecular flexibility index (Phi) is 9.25. The highest BCUT2D eigenvalue weighted by atomic mass is 32.1. The lowest BCUT2D eigenvalue weighted by Crippen LogP contribution is -2.57. The molecule has 0 radical (unpaired) electrons. The van der Waals surface area contributed by atoms with Gasteiger partial charge < -0.3 is 29.6 Å². The van der Waals surface area contributed by atoms with Crippen LogP contribution in [0.3, 0.4) is 0 Å².